The number of pyridine rings is 1. The van der Waals surface area contributed by atoms with E-state index in [2.05, 4.69) is 36.0 Å². The highest BCUT2D eigenvalue weighted by Gasteiger charge is 2.26. The molecule has 4 aromatic rings. The van der Waals surface area contributed by atoms with Crippen LogP contribution < -0.4 is 16.0 Å². The Bertz CT molecular complexity index is 1340. The highest BCUT2D eigenvalue weighted by atomic mass is 16.2. The molecule has 5 rings (SSSR count). The number of anilines is 3. The van der Waals surface area contributed by atoms with Crippen LogP contribution in [0.2, 0.25) is 0 Å². The minimum Gasteiger partial charge on any atom is -0.362 e. The van der Waals surface area contributed by atoms with E-state index in [4.69, 9.17) is 0 Å². The third-order valence-corrected chi connectivity index (χ3v) is 5.95. The first-order chi connectivity index (χ1) is 16.5. The average molecular weight is 457 g/mol. The number of nitrogens with one attached hydrogen (secondary N) is 3. The number of nitrogens with zero attached hydrogens (tertiary/aromatic N) is 5. The molecule has 1 aliphatic rings. The Morgan fingerprint density at radius 1 is 1.15 bits per heavy atom. The van der Waals surface area contributed by atoms with E-state index in [0.29, 0.717) is 28.8 Å². The maximum absolute atomic E-state index is 12.6. The zero-order valence-corrected chi connectivity index (χ0v) is 19.5. The third-order valence-electron chi connectivity index (χ3n) is 5.95. The van der Waals surface area contributed by atoms with Crippen molar-refractivity contribution in [2.45, 2.75) is 52.1 Å². The van der Waals surface area contributed by atoms with Crippen LogP contribution in [-0.4, -0.2) is 30.8 Å². The number of carbonyl (C=O) groups excluding carboxylic acids is 1. The molecule has 9 nitrogen and oxygen atoms in total. The fourth-order valence-corrected chi connectivity index (χ4v) is 4.00. The van der Waals surface area contributed by atoms with Gasteiger partial charge in [-0.15, -0.1) is 0 Å². The topological polar surface area (TPSA) is 110 Å². The largest absolute Gasteiger partial charge is 0.362 e. The number of hydrogen-bond acceptors (Lipinski definition) is 6. The van der Waals surface area contributed by atoms with Gasteiger partial charge in [-0.2, -0.15) is 5.10 Å². The molecule has 3 N–H and O–H groups in total. The lowest BCUT2D eigenvalue weighted by atomic mass is 10.1. The summed E-state index contributed by atoms with van der Waals surface area (Å²) in [5, 5.41) is 13.6. The van der Waals surface area contributed by atoms with Crippen LogP contribution in [0.1, 0.15) is 55.5 Å². The molecule has 1 aliphatic carbocycles. The van der Waals surface area contributed by atoms with Crippen molar-refractivity contribution in [1.82, 2.24) is 24.7 Å². The molecule has 3 aromatic heterocycles. The highest BCUT2D eigenvalue weighted by Crippen LogP contribution is 2.40. The Hall–Kier alpha value is -4.01. The van der Waals surface area contributed by atoms with Crippen molar-refractivity contribution >= 4 is 34.4 Å². The summed E-state index contributed by atoms with van der Waals surface area (Å²) in [4.78, 5) is 26.1. The molecule has 2 amide bonds. The quantitative estimate of drug-likeness (QED) is 0.351. The molecule has 174 valence electrons. The minimum atomic E-state index is -0.305. The smallest absolute Gasteiger partial charge is 0.323 e. The average Bonchev–Trinajstić information content (AvgIpc) is 3.57. The van der Waals surface area contributed by atoms with Crippen molar-refractivity contribution in [3.05, 3.63) is 65.7 Å². The zero-order valence-electron chi connectivity index (χ0n) is 19.5. The van der Waals surface area contributed by atoms with Crippen LogP contribution in [0.25, 0.3) is 11.2 Å². The van der Waals surface area contributed by atoms with Crippen LogP contribution in [-0.2, 0) is 6.54 Å². The summed E-state index contributed by atoms with van der Waals surface area (Å²) in [6.07, 6.45) is 7.73. The van der Waals surface area contributed by atoms with Crippen LogP contribution in [0.4, 0.5) is 22.0 Å². The lowest BCUT2D eigenvalue weighted by Crippen LogP contribution is -2.20. The standard InChI is InChI=1S/C25H28N8O/c1-4-33-14-21-24(32-33)31-22(13-26-21)28-16(3)18-6-5-7-19(11-18)29-25(34)30-20-10-15(2)23(27-12-20)17-8-9-17/h5-7,10-14,16-17H,4,8-9H2,1-3H3,(H,28,31,32)(H2,29,30,34)/t16-/m0/s1. The summed E-state index contributed by atoms with van der Waals surface area (Å²) in [6, 6.07) is 9.34. The van der Waals surface area contributed by atoms with E-state index in [-0.39, 0.29) is 12.1 Å². The van der Waals surface area contributed by atoms with Gasteiger partial charge < -0.3 is 16.0 Å². The van der Waals surface area contributed by atoms with Gasteiger partial charge in [-0.1, -0.05) is 12.1 Å². The molecule has 0 radical (unpaired) electrons. The monoisotopic (exact) mass is 456 g/mol. The van der Waals surface area contributed by atoms with Crippen molar-refractivity contribution in [2.24, 2.45) is 0 Å². The second-order valence-electron chi connectivity index (χ2n) is 8.72. The van der Waals surface area contributed by atoms with E-state index in [1.54, 1.807) is 12.4 Å². The van der Waals surface area contributed by atoms with Crippen molar-refractivity contribution < 1.29 is 4.79 Å². The molecule has 1 saturated carbocycles. The number of rotatable bonds is 7. The predicted octanol–water partition coefficient (Wildman–Crippen LogP) is 5.24. The normalized spacial score (nSPS) is 14.1. The van der Waals surface area contributed by atoms with Gasteiger partial charge >= 0.3 is 6.03 Å². The lowest BCUT2D eigenvalue weighted by Gasteiger charge is -2.16. The van der Waals surface area contributed by atoms with Gasteiger partial charge in [0.2, 0.25) is 5.65 Å². The van der Waals surface area contributed by atoms with E-state index in [1.807, 2.05) is 62.0 Å². The number of benzene rings is 1. The summed E-state index contributed by atoms with van der Waals surface area (Å²) in [5.41, 5.74) is 6.03. The van der Waals surface area contributed by atoms with Gasteiger partial charge in [-0.3, -0.25) is 9.67 Å². The Kier molecular flexibility index (Phi) is 5.83. The zero-order chi connectivity index (χ0) is 23.7. The number of aromatic nitrogens is 5. The van der Waals surface area contributed by atoms with E-state index in [9.17, 15) is 4.79 Å². The molecular weight excluding hydrogens is 428 g/mol. The van der Waals surface area contributed by atoms with Gasteiger partial charge in [0.25, 0.3) is 0 Å². The third kappa shape index (κ3) is 4.83. The van der Waals surface area contributed by atoms with Crippen molar-refractivity contribution in [3.8, 4) is 0 Å². The molecule has 1 atom stereocenters. The first kappa shape index (κ1) is 21.8. The number of urea groups is 1. The number of fused-ring (bicyclic) bond motifs is 1. The summed E-state index contributed by atoms with van der Waals surface area (Å²) in [6.45, 7) is 6.87. The van der Waals surface area contributed by atoms with E-state index in [0.717, 1.165) is 28.9 Å². The number of carbonyl (C=O) groups is 1. The van der Waals surface area contributed by atoms with Gasteiger partial charge in [0, 0.05) is 23.8 Å². The van der Waals surface area contributed by atoms with Crippen LogP contribution in [0.3, 0.4) is 0 Å². The van der Waals surface area contributed by atoms with Crippen molar-refractivity contribution in [3.63, 3.8) is 0 Å². The summed E-state index contributed by atoms with van der Waals surface area (Å²) < 4.78 is 1.82. The van der Waals surface area contributed by atoms with E-state index < -0.39 is 0 Å². The summed E-state index contributed by atoms with van der Waals surface area (Å²) >= 11 is 0. The molecular formula is C25H28N8O. The van der Waals surface area contributed by atoms with Crippen molar-refractivity contribution in [1.29, 1.82) is 0 Å². The fraction of sp³-hybridized carbons (Fsp3) is 0.320. The molecule has 3 heterocycles. The maximum atomic E-state index is 12.6. The highest BCUT2D eigenvalue weighted by molar-refractivity contribution is 5.99. The molecule has 1 aromatic carbocycles. The Labute approximate surface area is 198 Å². The van der Waals surface area contributed by atoms with Crippen molar-refractivity contribution in [2.75, 3.05) is 16.0 Å². The lowest BCUT2D eigenvalue weighted by molar-refractivity contribution is 0.262. The first-order valence-corrected chi connectivity index (χ1v) is 11.6. The molecule has 0 saturated heterocycles. The molecule has 0 aliphatic heterocycles. The van der Waals surface area contributed by atoms with Gasteiger partial charge in [-0.05, 0) is 62.9 Å². The first-order valence-electron chi connectivity index (χ1n) is 11.6. The van der Waals surface area contributed by atoms with Crippen LogP contribution in [0.5, 0.6) is 0 Å². The number of hydrogen-bond donors (Lipinski definition) is 3. The second-order valence-corrected chi connectivity index (χ2v) is 8.72. The van der Waals surface area contributed by atoms with E-state index in [1.165, 1.54) is 12.8 Å². The number of amides is 2. The van der Waals surface area contributed by atoms with Gasteiger partial charge in [-0.25, -0.2) is 14.8 Å². The van der Waals surface area contributed by atoms with Gasteiger partial charge in [0.1, 0.15) is 11.3 Å². The summed E-state index contributed by atoms with van der Waals surface area (Å²) in [7, 11) is 0. The molecule has 34 heavy (non-hydrogen) atoms. The molecule has 1 fully saturated rings. The van der Waals surface area contributed by atoms with Gasteiger partial charge in [0.15, 0.2) is 0 Å². The van der Waals surface area contributed by atoms with Gasteiger partial charge in [0.05, 0.1) is 30.3 Å². The minimum absolute atomic E-state index is 0.0494. The molecule has 0 spiro atoms. The predicted molar refractivity (Wildman–Crippen MR) is 133 cm³/mol. The van der Waals surface area contributed by atoms with E-state index >= 15 is 0 Å². The maximum Gasteiger partial charge on any atom is 0.323 e. The second kappa shape index (κ2) is 9.09. The van der Waals surface area contributed by atoms with Crippen LogP contribution in [0.15, 0.2) is 48.9 Å². The van der Waals surface area contributed by atoms with Crippen LogP contribution >= 0.6 is 0 Å². The Balaban J connectivity index is 1.23. The Morgan fingerprint density at radius 2 is 1.97 bits per heavy atom. The molecule has 0 unspecified atom stereocenters. The number of aryl methyl sites for hydroxylation is 2. The SMILES string of the molecule is CCn1cc2ncc(N[C@@H](C)c3cccc(NC(=O)Nc4cnc(C5CC5)c(C)c4)c3)nc2n1. The Morgan fingerprint density at radius 3 is 2.74 bits per heavy atom. The molecule has 0 bridgehead atoms. The fourth-order valence-electron chi connectivity index (χ4n) is 4.00. The summed E-state index contributed by atoms with van der Waals surface area (Å²) in [5.74, 6) is 1.23. The molecule has 9 heteroatoms. The van der Waals surface area contributed by atoms with Crippen LogP contribution in [0, 0.1) is 6.92 Å².